The molecule has 1 heterocycles. The van der Waals surface area contributed by atoms with Crippen molar-refractivity contribution in [1.29, 1.82) is 0 Å². The molecule has 2 amide bonds. The Bertz CT molecular complexity index is 527. The van der Waals surface area contributed by atoms with E-state index in [-0.39, 0.29) is 24.2 Å². The maximum absolute atomic E-state index is 10.5. The summed E-state index contributed by atoms with van der Waals surface area (Å²) < 4.78 is 0. The van der Waals surface area contributed by atoms with Crippen LogP contribution >= 0.6 is 0 Å². The summed E-state index contributed by atoms with van der Waals surface area (Å²) in [6.45, 7) is 0.929. The van der Waals surface area contributed by atoms with E-state index in [4.69, 9.17) is 33.1 Å². The lowest BCUT2D eigenvalue weighted by molar-refractivity contribution is -0.138. The van der Waals surface area contributed by atoms with Crippen molar-refractivity contribution in [3.8, 4) is 0 Å². The molecule has 1 aromatic rings. The van der Waals surface area contributed by atoms with E-state index in [9.17, 15) is 19.2 Å². The molecule has 0 fully saturated rings. The first kappa shape index (κ1) is 25.1. The molecule has 0 bridgehead atoms. The van der Waals surface area contributed by atoms with Gasteiger partial charge in [-0.3, -0.25) is 19.2 Å². The molecular formula is C14H24N6O6. The van der Waals surface area contributed by atoms with Gasteiger partial charge in [0.1, 0.15) is 11.4 Å². The van der Waals surface area contributed by atoms with Gasteiger partial charge in [-0.25, -0.2) is 9.97 Å². The van der Waals surface area contributed by atoms with Crippen LogP contribution in [0.4, 0.5) is 0 Å². The molecule has 1 aromatic heterocycles. The Labute approximate surface area is 149 Å². The minimum atomic E-state index is -0.773. The largest absolute Gasteiger partial charge is 0.481 e. The summed E-state index contributed by atoms with van der Waals surface area (Å²) in [5.41, 5.74) is 19.8. The zero-order valence-electron chi connectivity index (χ0n) is 14.1. The van der Waals surface area contributed by atoms with Crippen molar-refractivity contribution in [2.24, 2.45) is 22.9 Å². The monoisotopic (exact) mass is 372 g/mol. The smallest absolute Gasteiger partial charge is 0.303 e. The number of rotatable bonds is 8. The Morgan fingerprint density at radius 3 is 1.19 bits per heavy atom. The number of hydrogen-bond donors (Lipinski definition) is 6. The van der Waals surface area contributed by atoms with Crippen LogP contribution in [0.2, 0.25) is 0 Å². The van der Waals surface area contributed by atoms with Gasteiger partial charge in [0.05, 0.1) is 12.4 Å². The van der Waals surface area contributed by atoms with Gasteiger partial charge in [0.15, 0.2) is 0 Å². The molecule has 12 heteroatoms. The summed E-state index contributed by atoms with van der Waals surface area (Å²) in [4.78, 5) is 47.5. The quantitative estimate of drug-likeness (QED) is 0.302. The predicted molar refractivity (Wildman–Crippen MR) is 90.9 cm³/mol. The number of amides is 2. The molecule has 1 rings (SSSR count). The van der Waals surface area contributed by atoms with Crippen LogP contribution in [-0.4, -0.2) is 57.0 Å². The van der Waals surface area contributed by atoms with Crippen LogP contribution in [0.25, 0.3) is 0 Å². The molecule has 0 atom stereocenters. The van der Waals surface area contributed by atoms with Crippen molar-refractivity contribution >= 4 is 23.8 Å². The standard InChI is InChI=1S/C6H6N4O2.2C4H9NO2/c7-5(11)3-1-9-4(2-10-3)6(8)12;2*5-3-1-2-4(6)7/h1-2H,(H2,7,11)(H2,8,12);2*1-3,5H2,(H,6,7). The number of aliphatic carboxylic acids is 2. The highest BCUT2D eigenvalue weighted by atomic mass is 16.4. The van der Waals surface area contributed by atoms with Gasteiger partial charge in [0.2, 0.25) is 0 Å². The van der Waals surface area contributed by atoms with E-state index in [1.807, 2.05) is 0 Å². The van der Waals surface area contributed by atoms with Gasteiger partial charge in [0, 0.05) is 12.8 Å². The first-order chi connectivity index (χ1) is 12.1. The van der Waals surface area contributed by atoms with E-state index in [0.29, 0.717) is 25.9 Å². The second-order valence-electron chi connectivity index (χ2n) is 4.59. The average molecular weight is 372 g/mol. The van der Waals surface area contributed by atoms with Crippen LogP contribution < -0.4 is 22.9 Å². The van der Waals surface area contributed by atoms with Crippen molar-refractivity contribution < 1.29 is 29.4 Å². The van der Waals surface area contributed by atoms with Gasteiger partial charge >= 0.3 is 11.9 Å². The minimum Gasteiger partial charge on any atom is -0.481 e. The Kier molecular flexibility index (Phi) is 14.9. The summed E-state index contributed by atoms with van der Waals surface area (Å²) in [5, 5.41) is 16.0. The Morgan fingerprint density at radius 2 is 1.08 bits per heavy atom. The molecule has 0 unspecified atom stereocenters. The molecule has 0 aliphatic heterocycles. The van der Waals surface area contributed by atoms with Crippen LogP contribution in [0.3, 0.4) is 0 Å². The van der Waals surface area contributed by atoms with Crippen LogP contribution in [0, 0.1) is 0 Å². The summed E-state index contributed by atoms with van der Waals surface area (Å²) in [7, 11) is 0. The van der Waals surface area contributed by atoms with Crippen molar-refractivity contribution in [1.82, 2.24) is 9.97 Å². The van der Waals surface area contributed by atoms with E-state index in [2.05, 4.69) is 9.97 Å². The lowest BCUT2D eigenvalue weighted by Gasteiger charge is -1.94. The molecule has 0 radical (unpaired) electrons. The highest BCUT2D eigenvalue weighted by molar-refractivity contribution is 5.92. The van der Waals surface area contributed by atoms with Gasteiger partial charge in [-0.1, -0.05) is 0 Å². The molecule has 12 nitrogen and oxygen atoms in total. The fourth-order valence-electron chi connectivity index (χ4n) is 1.09. The molecule has 0 spiro atoms. The van der Waals surface area contributed by atoms with Crippen LogP contribution in [0.15, 0.2) is 12.4 Å². The fourth-order valence-corrected chi connectivity index (χ4v) is 1.09. The van der Waals surface area contributed by atoms with Crippen molar-refractivity contribution in [3.05, 3.63) is 23.8 Å². The molecule has 0 aromatic carbocycles. The van der Waals surface area contributed by atoms with Gasteiger partial charge < -0.3 is 33.1 Å². The molecular weight excluding hydrogens is 348 g/mol. The molecule has 0 aliphatic rings. The molecule has 146 valence electrons. The number of primary amides is 2. The van der Waals surface area contributed by atoms with E-state index < -0.39 is 23.8 Å². The summed E-state index contributed by atoms with van der Waals surface area (Å²) in [5.74, 6) is -2.94. The number of carboxylic acid groups (broad SMARTS) is 2. The van der Waals surface area contributed by atoms with Gasteiger partial charge in [-0.2, -0.15) is 0 Å². The summed E-state index contributed by atoms with van der Waals surface area (Å²) in [6, 6.07) is 0. The number of carbonyl (C=O) groups excluding carboxylic acids is 2. The third kappa shape index (κ3) is 15.8. The Balaban J connectivity index is 0. The highest BCUT2D eigenvalue weighted by Crippen LogP contribution is 1.92. The van der Waals surface area contributed by atoms with E-state index in [1.54, 1.807) is 0 Å². The van der Waals surface area contributed by atoms with E-state index in [1.165, 1.54) is 0 Å². The van der Waals surface area contributed by atoms with Crippen LogP contribution in [0.5, 0.6) is 0 Å². The average Bonchev–Trinajstić information content (AvgIpc) is 2.59. The molecule has 0 aliphatic carbocycles. The van der Waals surface area contributed by atoms with Crippen LogP contribution in [0.1, 0.15) is 46.7 Å². The Morgan fingerprint density at radius 1 is 0.769 bits per heavy atom. The van der Waals surface area contributed by atoms with Crippen molar-refractivity contribution in [3.63, 3.8) is 0 Å². The number of carbonyl (C=O) groups is 4. The van der Waals surface area contributed by atoms with Gasteiger partial charge in [-0.15, -0.1) is 0 Å². The van der Waals surface area contributed by atoms with Crippen molar-refractivity contribution in [2.45, 2.75) is 25.7 Å². The zero-order valence-corrected chi connectivity index (χ0v) is 14.1. The van der Waals surface area contributed by atoms with Crippen molar-refractivity contribution in [2.75, 3.05) is 13.1 Å². The fraction of sp³-hybridized carbons (Fsp3) is 0.429. The van der Waals surface area contributed by atoms with E-state index >= 15 is 0 Å². The summed E-state index contributed by atoms with van der Waals surface area (Å²) in [6.07, 6.45) is 3.74. The maximum atomic E-state index is 10.5. The zero-order chi connectivity index (χ0) is 20.5. The molecule has 26 heavy (non-hydrogen) atoms. The van der Waals surface area contributed by atoms with E-state index in [0.717, 1.165) is 12.4 Å². The maximum Gasteiger partial charge on any atom is 0.303 e. The van der Waals surface area contributed by atoms with Gasteiger partial charge in [-0.05, 0) is 25.9 Å². The topological polar surface area (TPSA) is 239 Å². The molecule has 10 N–H and O–H groups in total. The first-order valence-corrected chi connectivity index (χ1v) is 7.41. The Hall–Kier alpha value is -3.12. The second-order valence-corrected chi connectivity index (χ2v) is 4.59. The minimum absolute atomic E-state index is 0.000000000000000222. The lowest BCUT2D eigenvalue weighted by atomic mass is 10.3. The highest BCUT2D eigenvalue weighted by Gasteiger charge is 2.05. The predicted octanol–water partition coefficient (Wildman–Crippen LogP) is -1.71. The number of nitrogens with two attached hydrogens (primary N) is 4. The molecule has 0 saturated carbocycles. The lowest BCUT2D eigenvalue weighted by Crippen LogP contribution is -2.17. The number of hydrogen-bond acceptors (Lipinski definition) is 8. The van der Waals surface area contributed by atoms with Gasteiger partial charge in [0.25, 0.3) is 11.8 Å². The number of carboxylic acids is 2. The number of aromatic nitrogens is 2. The normalized spacial score (nSPS) is 9.00. The summed E-state index contributed by atoms with van der Waals surface area (Å²) >= 11 is 0. The number of nitrogens with zero attached hydrogens (tertiary/aromatic N) is 2. The third-order valence-corrected chi connectivity index (χ3v) is 2.35. The molecule has 0 saturated heterocycles. The third-order valence-electron chi connectivity index (χ3n) is 2.35. The SMILES string of the molecule is NC(=O)c1cnc(C(N)=O)cn1.NCCCC(=O)O.NCCCC(=O)O. The van der Waals surface area contributed by atoms with Crippen LogP contribution in [-0.2, 0) is 9.59 Å². The second kappa shape index (κ2) is 15.4. The first-order valence-electron chi connectivity index (χ1n) is 7.41.